The molecule has 94 valence electrons. The van der Waals surface area contributed by atoms with Crippen molar-refractivity contribution in [2.45, 2.75) is 19.4 Å². The Morgan fingerprint density at radius 1 is 1.33 bits per heavy atom. The molecule has 0 bridgehead atoms. The zero-order chi connectivity index (χ0) is 12.5. The molecule has 18 heavy (non-hydrogen) atoms. The van der Waals surface area contributed by atoms with Crippen LogP contribution in [-0.4, -0.2) is 22.6 Å². The lowest BCUT2D eigenvalue weighted by atomic mass is 10.2. The van der Waals surface area contributed by atoms with E-state index in [0.29, 0.717) is 5.39 Å². The molecule has 1 aromatic heterocycles. The molecule has 5 heteroatoms. The van der Waals surface area contributed by atoms with E-state index in [1.807, 2.05) is 22.8 Å². The van der Waals surface area contributed by atoms with E-state index >= 15 is 0 Å². The monoisotopic (exact) mass is 307 g/mol. The minimum Gasteiger partial charge on any atom is -0.316 e. The third-order valence-electron chi connectivity index (χ3n) is 3.26. The zero-order valence-corrected chi connectivity index (χ0v) is 11.5. The molecule has 1 aliphatic rings. The summed E-state index contributed by atoms with van der Waals surface area (Å²) in [6.07, 6.45) is 1.77. The molecule has 2 heterocycles. The Morgan fingerprint density at radius 3 is 3.11 bits per heavy atom. The Balaban J connectivity index is 2.26. The first-order valence-corrected chi connectivity index (χ1v) is 6.95. The van der Waals surface area contributed by atoms with Crippen molar-refractivity contribution in [3.05, 3.63) is 38.9 Å². The Kier molecular flexibility index (Phi) is 3.18. The normalized spacial score (nSPS) is 16.1. The molecule has 1 aliphatic heterocycles. The fraction of sp³-hybridized carbons (Fsp3) is 0.385. The lowest BCUT2D eigenvalue weighted by molar-refractivity contribution is 0.510. The number of aromatic nitrogens is 2. The highest BCUT2D eigenvalue weighted by atomic mass is 79.9. The maximum atomic E-state index is 12.4. The number of nitrogens with zero attached hydrogens (tertiary/aromatic N) is 2. The third kappa shape index (κ3) is 2.08. The van der Waals surface area contributed by atoms with Gasteiger partial charge in [-0.2, -0.15) is 0 Å². The molecule has 1 N–H and O–H groups in total. The molecule has 0 saturated heterocycles. The number of hydrogen-bond donors (Lipinski definition) is 1. The van der Waals surface area contributed by atoms with Crippen LogP contribution >= 0.6 is 15.9 Å². The summed E-state index contributed by atoms with van der Waals surface area (Å²) >= 11 is 3.42. The standard InChI is InChI=1S/C13H14BrN3O/c14-9-2-3-10-11(8-9)16-12-4-6-15-5-1-7-17(12)13(10)18/h2-3,8,15H,1,4-7H2. The predicted molar refractivity (Wildman–Crippen MR) is 74.9 cm³/mol. The molecule has 0 fully saturated rings. The topological polar surface area (TPSA) is 46.9 Å². The van der Waals surface area contributed by atoms with Gasteiger partial charge in [-0.15, -0.1) is 0 Å². The van der Waals surface area contributed by atoms with Gasteiger partial charge in [-0.05, 0) is 31.2 Å². The molecule has 0 radical (unpaired) electrons. The minimum atomic E-state index is 0.0874. The summed E-state index contributed by atoms with van der Waals surface area (Å²) in [6, 6.07) is 5.64. The van der Waals surface area contributed by atoms with E-state index in [1.54, 1.807) is 0 Å². The highest BCUT2D eigenvalue weighted by Crippen LogP contribution is 2.16. The molecule has 0 unspecified atom stereocenters. The average molecular weight is 308 g/mol. The first kappa shape index (κ1) is 11.9. The first-order chi connectivity index (χ1) is 8.75. The molecule has 3 rings (SSSR count). The van der Waals surface area contributed by atoms with Crippen molar-refractivity contribution in [1.29, 1.82) is 0 Å². The molecule has 0 spiro atoms. The third-order valence-corrected chi connectivity index (χ3v) is 3.75. The average Bonchev–Trinajstić information content (AvgIpc) is 2.31. The molecule has 0 amide bonds. The van der Waals surface area contributed by atoms with Gasteiger partial charge in [0, 0.05) is 24.0 Å². The minimum absolute atomic E-state index is 0.0874. The van der Waals surface area contributed by atoms with E-state index in [2.05, 4.69) is 26.2 Å². The highest BCUT2D eigenvalue weighted by molar-refractivity contribution is 9.10. The largest absolute Gasteiger partial charge is 0.316 e. The summed E-state index contributed by atoms with van der Waals surface area (Å²) in [7, 11) is 0. The van der Waals surface area contributed by atoms with Gasteiger partial charge < -0.3 is 5.32 Å². The lowest BCUT2D eigenvalue weighted by Crippen LogP contribution is -2.32. The molecule has 0 aliphatic carbocycles. The summed E-state index contributed by atoms with van der Waals surface area (Å²) in [5.74, 6) is 0.887. The maximum Gasteiger partial charge on any atom is 0.261 e. The van der Waals surface area contributed by atoms with Gasteiger partial charge in [-0.3, -0.25) is 9.36 Å². The van der Waals surface area contributed by atoms with Gasteiger partial charge in [-0.1, -0.05) is 15.9 Å². The molecule has 4 nitrogen and oxygen atoms in total. The Morgan fingerprint density at radius 2 is 2.22 bits per heavy atom. The van der Waals surface area contributed by atoms with Crippen molar-refractivity contribution in [2.75, 3.05) is 13.1 Å². The quantitative estimate of drug-likeness (QED) is 0.806. The summed E-state index contributed by atoms with van der Waals surface area (Å²) < 4.78 is 2.78. The van der Waals surface area contributed by atoms with Gasteiger partial charge in [0.25, 0.3) is 5.56 Å². The lowest BCUT2D eigenvalue weighted by Gasteiger charge is -2.17. The smallest absolute Gasteiger partial charge is 0.261 e. The van der Waals surface area contributed by atoms with Gasteiger partial charge in [0.15, 0.2) is 0 Å². The van der Waals surface area contributed by atoms with Crippen LogP contribution in [0.5, 0.6) is 0 Å². The van der Waals surface area contributed by atoms with Gasteiger partial charge in [0.2, 0.25) is 0 Å². The predicted octanol–water partition coefficient (Wildman–Crippen LogP) is 1.69. The number of benzene rings is 1. The second-order valence-corrected chi connectivity index (χ2v) is 5.42. The van der Waals surface area contributed by atoms with Gasteiger partial charge in [-0.25, -0.2) is 4.98 Å². The SMILES string of the molecule is O=c1c2ccc(Br)cc2nc2n1CCCNCC2. The number of nitrogens with one attached hydrogen (secondary N) is 1. The Labute approximate surface area is 113 Å². The van der Waals surface area contributed by atoms with E-state index in [4.69, 9.17) is 0 Å². The molecular formula is C13H14BrN3O. The van der Waals surface area contributed by atoms with Crippen LogP contribution in [0.3, 0.4) is 0 Å². The summed E-state index contributed by atoms with van der Waals surface area (Å²) in [5, 5.41) is 4.05. The fourth-order valence-electron chi connectivity index (χ4n) is 2.35. The van der Waals surface area contributed by atoms with Crippen LogP contribution in [0, 0.1) is 0 Å². The molecule has 0 atom stereocenters. The van der Waals surface area contributed by atoms with Crippen molar-refractivity contribution in [1.82, 2.24) is 14.9 Å². The second-order valence-electron chi connectivity index (χ2n) is 4.50. The van der Waals surface area contributed by atoms with Crippen LogP contribution in [0.25, 0.3) is 10.9 Å². The van der Waals surface area contributed by atoms with Crippen molar-refractivity contribution in [3.8, 4) is 0 Å². The zero-order valence-electron chi connectivity index (χ0n) is 9.95. The van der Waals surface area contributed by atoms with Gasteiger partial charge in [0.05, 0.1) is 10.9 Å². The van der Waals surface area contributed by atoms with Crippen LogP contribution in [0.15, 0.2) is 27.5 Å². The summed E-state index contributed by atoms with van der Waals surface area (Å²) in [5.41, 5.74) is 0.866. The van der Waals surface area contributed by atoms with E-state index < -0.39 is 0 Å². The molecule has 1 aromatic carbocycles. The number of halogens is 1. The van der Waals surface area contributed by atoms with Crippen molar-refractivity contribution < 1.29 is 0 Å². The van der Waals surface area contributed by atoms with Crippen LogP contribution in [0.4, 0.5) is 0 Å². The van der Waals surface area contributed by atoms with Crippen LogP contribution in [0.1, 0.15) is 12.2 Å². The Hall–Kier alpha value is -1.20. The van der Waals surface area contributed by atoms with E-state index in [1.165, 1.54) is 0 Å². The van der Waals surface area contributed by atoms with Crippen molar-refractivity contribution in [3.63, 3.8) is 0 Å². The number of rotatable bonds is 0. The summed E-state index contributed by atoms with van der Waals surface area (Å²) in [4.78, 5) is 17.1. The number of hydrogen-bond acceptors (Lipinski definition) is 3. The van der Waals surface area contributed by atoms with Gasteiger partial charge >= 0.3 is 0 Å². The second kappa shape index (κ2) is 4.82. The van der Waals surface area contributed by atoms with Crippen LogP contribution in [-0.2, 0) is 13.0 Å². The van der Waals surface area contributed by atoms with Gasteiger partial charge in [0.1, 0.15) is 5.82 Å². The Bertz CT molecular complexity index is 650. The van der Waals surface area contributed by atoms with E-state index in [-0.39, 0.29) is 5.56 Å². The molecular weight excluding hydrogens is 294 g/mol. The maximum absolute atomic E-state index is 12.4. The summed E-state index contributed by atoms with van der Waals surface area (Å²) in [6.45, 7) is 2.59. The van der Waals surface area contributed by atoms with Crippen LogP contribution < -0.4 is 10.9 Å². The number of fused-ring (bicyclic) bond motifs is 2. The first-order valence-electron chi connectivity index (χ1n) is 6.15. The van der Waals surface area contributed by atoms with Crippen LogP contribution in [0.2, 0.25) is 0 Å². The van der Waals surface area contributed by atoms with E-state index in [0.717, 1.165) is 48.3 Å². The van der Waals surface area contributed by atoms with E-state index in [9.17, 15) is 4.79 Å². The molecule has 2 aromatic rings. The van der Waals surface area contributed by atoms with Crippen molar-refractivity contribution >= 4 is 26.8 Å². The molecule has 0 saturated carbocycles. The van der Waals surface area contributed by atoms with Crippen molar-refractivity contribution in [2.24, 2.45) is 0 Å². The fourth-order valence-corrected chi connectivity index (χ4v) is 2.70. The highest BCUT2D eigenvalue weighted by Gasteiger charge is 2.12.